The third kappa shape index (κ3) is 4.86. The summed E-state index contributed by atoms with van der Waals surface area (Å²) in [5.74, 6) is 0.595. The Morgan fingerprint density at radius 2 is 1.87 bits per heavy atom. The van der Waals surface area contributed by atoms with Crippen LogP contribution in [-0.4, -0.2) is 52.1 Å². The van der Waals surface area contributed by atoms with Crippen LogP contribution in [-0.2, 0) is 12.8 Å². The molecule has 0 bridgehead atoms. The van der Waals surface area contributed by atoms with Crippen molar-refractivity contribution >= 4 is 28.4 Å². The van der Waals surface area contributed by atoms with Crippen molar-refractivity contribution < 1.29 is 13.7 Å². The lowest BCUT2D eigenvalue weighted by Gasteiger charge is -2.33. The van der Waals surface area contributed by atoms with Gasteiger partial charge in [-0.1, -0.05) is 5.16 Å². The van der Waals surface area contributed by atoms with Crippen molar-refractivity contribution in [2.75, 3.05) is 36.8 Å². The number of rotatable bonds is 6. The van der Waals surface area contributed by atoms with Gasteiger partial charge in [0.05, 0.1) is 5.69 Å². The number of nitrogens with zero attached hydrogens (tertiary/aromatic N) is 5. The van der Waals surface area contributed by atoms with Crippen molar-refractivity contribution in [3.05, 3.63) is 77.1 Å². The third-order valence-corrected chi connectivity index (χ3v) is 7.84. The highest BCUT2D eigenvalue weighted by molar-refractivity contribution is 6.06. The Hall–Kier alpha value is -3.85. The number of hydrogen-bond donors (Lipinski definition) is 1. The number of piperidine rings is 1. The van der Waals surface area contributed by atoms with E-state index in [1.54, 1.807) is 36.7 Å². The van der Waals surface area contributed by atoms with Crippen LogP contribution < -0.4 is 10.6 Å². The first kappa shape index (κ1) is 24.5. The lowest BCUT2D eigenvalue weighted by atomic mass is 9.91. The zero-order valence-corrected chi connectivity index (χ0v) is 21.3. The van der Waals surface area contributed by atoms with E-state index in [0.717, 1.165) is 86.3 Å². The second-order valence-electron chi connectivity index (χ2n) is 10.2. The van der Waals surface area contributed by atoms with E-state index >= 15 is 0 Å². The van der Waals surface area contributed by atoms with Gasteiger partial charge in [-0.25, -0.2) is 14.4 Å². The highest BCUT2D eigenvalue weighted by Crippen LogP contribution is 2.33. The number of aryl methyl sites for hydroxylation is 1. The smallest absolute Gasteiger partial charge is 0.259 e. The fourth-order valence-corrected chi connectivity index (χ4v) is 5.72. The van der Waals surface area contributed by atoms with Gasteiger partial charge in [0.15, 0.2) is 5.58 Å². The van der Waals surface area contributed by atoms with E-state index in [4.69, 9.17) is 10.3 Å². The third-order valence-electron chi connectivity index (χ3n) is 7.84. The fourth-order valence-electron chi connectivity index (χ4n) is 5.72. The number of nitrogen functional groups attached to an aromatic ring is 1. The molecule has 1 aliphatic carbocycles. The van der Waals surface area contributed by atoms with Crippen molar-refractivity contribution in [1.29, 1.82) is 0 Å². The molecule has 2 N–H and O–H groups in total. The van der Waals surface area contributed by atoms with Gasteiger partial charge in [-0.05, 0) is 88.0 Å². The summed E-state index contributed by atoms with van der Waals surface area (Å²) >= 11 is 0. The highest BCUT2D eigenvalue weighted by atomic mass is 19.1. The Morgan fingerprint density at radius 3 is 2.68 bits per heavy atom. The molecular weight excluding hydrogens is 483 g/mol. The molecule has 3 heterocycles. The standard InChI is InChI=1S/C29H31FN6O2/c30-21-7-10-24-26(17-21)38-34-27(24)19-11-13-35(14-12-19)15-16-36(29(37)20-5-8-22(31)9-6-20)28-23-3-1-2-4-25(23)32-18-33-28/h5-10,17-19H,1-4,11-16,31H2. The summed E-state index contributed by atoms with van der Waals surface area (Å²) in [4.78, 5) is 27.0. The molecule has 1 fully saturated rings. The summed E-state index contributed by atoms with van der Waals surface area (Å²) < 4.78 is 18.9. The molecule has 2 aliphatic rings. The first-order valence-corrected chi connectivity index (χ1v) is 13.3. The Kier molecular flexibility index (Phi) is 6.76. The molecule has 9 heteroatoms. The van der Waals surface area contributed by atoms with E-state index in [-0.39, 0.29) is 17.6 Å². The van der Waals surface area contributed by atoms with Crippen LogP contribution in [0.3, 0.4) is 0 Å². The number of carbonyl (C=O) groups is 1. The first-order chi connectivity index (χ1) is 18.6. The minimum atomic E-state index is -0.321. The van der Waals surface area contributed by atoms with Gasteiger partial charge in [-0.3, -0.25) is 9.69 Å². The number of benzene rings is 2. The maximum atomic E-state index is 13.7. The number of likely N-dealkylation sites (tertiary alicyclic amines) is 1. The van der Waals surface area contributed by atoms with Gasteiger partial charge in [0.25, 0.3) is 5.91 Å². The van der Waals surface area contributed by atoms with Crippen LogP contribution in [0.15, 0.2) is 53.3 Å². The number of anilines is 2. The van der Waals surface area contributed by atoms with Crippen LogP contribution >= 0.6 is 0 Å². The summed E-state index contributed by atoms with van der Waals surface area (Å²) in [7, 11) is 0. The maximum absolute atomic E-state index is 13.7. The van der Waals surface area contributed by atoms with Gasteiger partial charge < -0.3 is 15.2 Å². The molecule has 38 heavy (non-hydrogen) atoms. The second kappa shape index (κ2) is 10.5. The Bertz CT molecular complexity index is 1450. The van der Waals surface area contributed by atoms with Crippen LogP contribution in [0.4, 0.5) is 15.9 Å². The summed E-state index contributed by atoms with van der Waals surface area (Å²) in [6, 6.07) is 11.7. The number of amides is 1. The lowest BCUT2D eigenvalue weighted by molar-refractivity contribution is 0.0980. The Balaban J connectivity index is 1.18. The largest absolute Gasteiger partial charge is 0.399 e. The van der Waals surface area contributed by atoms with Crippen molar-refractivity contribution in [3.63, 3.8) is 0 Å². The molecule has 0 radical (unpaired) electrons. The van der Waals surface area contributed by atoms with Crippen molar-refractivity contribution in [2.45, 2.75) is 44.4 Å². The Labute approximate surface area is 220 Å². The van der Waals surface area contributed by atoms with Crippen molar-refractivity contribution in [1.82, 2.24) is 20.0 Å². The molecule has 1 amide bonds. The molecule has 6 rings (SSSR count). The van der Waals surface area contributed by atoms with E-state index in [1.165, 1.54) is 12.1 Å². The number of fused-ring (bicyclic) bond motifs is 2. The van der Waals surface area contributed by atoms with Gasteiger partial charge in [0.1, 0.15) is 18.0 Å². The normalized spacial score (nSPS) is 16.4. The van der Waals surface area contributed by atoms with Crippen molar-refractivity contribution in [3.8, 4) is 0 Å². The minimum Gasteiger partial charge on any atom is -0.399 e. The number of nitrogens with two attached hydrogens (primary N) is 1. The molecule has 196 valence electrons. The molecule has 0 spiro atoms. The molecule has 1 aliphatic heterocycles. The predicted octanol–water partition coefficient (Wildman–Crippen LogP) is 4.74. The van der Waals surface area contributed by atoms with Crippen LogP contribution in [0.1, 0.15) is 58.9 Å². The van der Waals surface area contributed by atoms with E-state index in [0.29, 0.717) is 23.4 Å². The molecular formula is C29H31FN6O2. The van der Waals surface area contributed by atoms with E-state index < -0.39 is 0 Å². The monoisotopic (exact) mass is 514 g/mol. The lowest BCUT2D eigenvalue weighted by Crippen LogP contribution is -2.42. The van der Waals surface area contributed by atoms with E-state index in [2.05, 4.69) is 20.0 Å². The summed E-state index contributed by atoms with van der Waals surface area (Å²) in [5, 5.41) is 5.15. The molecule has 4 aromatic rings. The summed E-state index contributed by atoms with van der Waals surface area (Å²) in [5.41, 5.74) is 10.6. The molecule has 2 aromatic heterocycles. The van der Waals surface area contributed by atoms with Gasteiger partial charge >= 0.3 is 0 Å². The fraction of sp³-hybridized carbons (Fsp3) is 0.379. The van der Waals surface area contributed by atoms with E-state index in [1.807, 2.05) is 4.90 Å². The van der Waals surface area contributed by atoms with Crippen LogP contribution in [0, 0.1) is 5.82 Å². The second-order valence-corrected chi connectivity index (χ2v) is 10.2. The summed E-state index contributed by atoms with van der Waals surface area (Å²) in [6.45, 7) is 3.03. The molecule has 0 atom stereocenters. The molecule has 0 unspecified atom stereocenters. The number of aromatic nitrogens is 3. The van der Waals surface area contributed by atoms with Crippen molar-refractivity contribution in [2.24, 2.45) is 0 Å². The summed E-state index contributed by atoms with van der Waals surface area (Å²) in [6.07, 6.45) is 7.43. The number of hydrogen-bond acceptors (Lipinski definition) is 7. The SMILES string of the molecule is Nc1ccc(C(=O)N(CCN2CCC(c3noc4cc(F)ccc34)CC2)c2ncnc3c2CCCC3)cc1. The first-order valence-electron chi connectivity index (χ1n) is 13.3. The predicted molar refractivity (Wildman–Crippen MR) is 144 cm³/mol. The topological polar surface area (TPSA) is 101 Å². The van der Waals surface area contributed by atoms with Crippen LogP contribution in [0.2, 0.25) is 0 Å². The molecule has 2 aromatic carbocycles. The van der Waals surface area contributed by atoms with Gasteiger partial charge in [0, 0.05) is 53.0 Å². The zero-order chi connectivity index (χ0) is 26.1. The average molecular weight is 515 g/mol. The zero-order valence-electron chi connectivity index (χ0n) is 21.3. The van der Waals surface area contributed by atoms with Crippen LogP contribution in [0.5, 0.6) is 0 Å². The quantitative estimate of drug-likeness (QED) is 0.371. The molecule has 0 saturated carbocycles. The maximum Gasteiger partial charge on any atom is 0.259 e. The molecule has 1 saturated heterocycles. The minimum absolute atomic E-state index is 0.0762. The average Bonchev–Trinajstić information content (AvgIpc) is 3.37. The van der Waals surface area contributed by atoms with Gasteiger partial charge in [-0.15, -0.1) is 0 Å². The van der Waals surface area contributed by atoms with Gasteiger partial charge in [-0.2, -0.15) is 0 Å². The van der Waals surface area contributed by atoms with Crippen LogP contribution in [0.25, 0.3) is 11.0 Å². The molecule has 8 nitrogen and oxygen atoms in total. The van der Waals surface area contributed by atoms with Gasteiger partial charge in [0.2, 0.25) is 0 Å². The highest BCUT2D eigenvalue weighted by Gasteiger charge is 2.28. The van der Waals surface area contributed by atoms with E-state index in [9.17, 15) is 9.18 Å². The number of halogens is 1. The Morgan fingerprint density at radius 1 is 1.08 bits per heavy atom. The number of carbonyl (C=O) groups excluding carboxylic acids is 1.